The second kappa shape index (κ2) is 9.41. The fraction of sp³-hybridized carbons (Fsp3) is 0.636. The number of aliphatic hydroxyl groups excluding tert-OH is 1. The molecule has 0 aliphatic heterocycles. The lowest BCUT2D eigenvalue weighted by molar-refractivity contribution is -0.128. The minimum atomic E-state index is -0.627. The molecular weight excluding hydrogens is 430 g/mol. The topological polar surface area (TPSA) is 78.4 Å². The molecule has 4 atom stereocenters. The summed E-state index contributed by atoms with van der Waals surface area (Å²) in [5.41, 5.74) is -0.131. The average molecular weight is 459 g/mol. The van der Waals surface area contributed by atoms with Gasteiger partial charge < -0.3 is 15.7 Å². The Morgan fingerprint density at radius 3 is 2.53 bits per heavy atom. The van der Waals surface area contributed by atoms with Gasteiger partial charge in [-0.2, -0.15) is 0 Å². The molecule has 0 unspecified atom stereocenters. The molecule has 2 fully saturated rings. The first-order valence-electron chi connectivity index (χ1n) is 10.5. The number of amides is 2. The summed E-state index contributed by atoms with van der Waals surface area (Å²) in [5.74, 6) is -1.65. The lowest BCUT2D eigenvalue weighted by Gasteiger charge is -2.37. The third-order valence-corrected chi connectivity index (χ3v) is 7.59. The van der Waals surface area contributed by atoms with Crippen molar-refractivity contribution < 1.29 is 19.1 Å². The van der Waals surface area contributed by atoms with E-state index in [0.29, 0.717) is 12.8 Å². The SMILES string of the molecule is CC(=O)N[C@H]1C[C@@H](CO)[C@@H](C(=O)N[C@H](c2c(F)ccc(Cl)c2Cl)C2(C)CCCC2)C1. The number of nitrogens with one attached hydrogen (secondary N) is 2. The van der Waals surface area contributed by atoms with Crippen molar-refractivity contribution in [2.75, 3.05) is 6.61 Å². The second-order valence-corrected chi connectivity index (χ2v) is 9.76. The Kier molecular flexibility index (Phi) is 7.31. The van der Waals surface area contributed by atoms with Crippen molar-refractivity contribution in [1.82, 2.24) is 10.6 Å². The first-order chi connectivity index (χ1) is 14.2. The zero-order chi connectivity index (χ0) is 22.1. The van der Waals surface area contributed by atoms with Gasteiger partial charge in [-0.05, 0) is 49.1 Å². The van der Waals surface area contributed by atoms with Crippen LogP contribution in [0, 0.1) is 23.1 Å². The van der Waals surface area contributed by atoms with Crippen LogP contribution in [0.3, 0.4) is 0 Å². The van der Waals surface area contributed by atoms with Gasteiger partial charge in [0.05, 0.1) is 16.1 Å². The van der Waals surface area contributed by atoms with Crippen molar-refractivity contribution >= 4 is 35.0 Å². The largest absolute Gasteiger partial charge is 0.396 e. The van der Waals surface area contributed by atoms with E-state index in [1.54, 1.807) is 0 Å². The summed E-state index contributed by atoms with van der Waals surface area (Å²) in [6.45, 7) is 3.32. The average Bonchev–Trinajstić information content (AvgIpc) is 3.30. The molecule has 2 amide bonds. The minimum absolute atomic E-state index is 0.122. The van der Waals surface area contributed by atoms with Crippen molar-refractivity contribution in [3.8, 4) is 0 Å². The van der Waals surface area contributed by atoms with Crippen LogP contribution in [0.5, 0.6) is 0 Å². The van der Waals surface area contributed by atoms with Crippen molar-refractivity contribution in [3.63, 3.8) is 0 Å². The molecule has 8 heteroatoms. The molecule has 0 aromatic heterocycles. The Balaban J connectivity index is 1.90. The Morgan fingerprint density at radius 2 is 1.93 bits per heavy atom. The lowest BCUT2D eigenvalue weighted by atomic mass is 9.76. The maximum atomic E-state index is 14.9. The van der Waals surface area contributed by atoms with Gasteiger partial charge in [0.1, 0.15) is 5.82 Å². The van der Waals surface area contributed by atoms with E-state index in [2.05, 4.69) is 10.6 Å². The zero-order valence-corrected chi connectivity index (χ0v) is 18.8. The molecule has 2 aliphatic carbocycles. The molecule has 2 aliphatic rings. The van der Waals surface area contributed by atoms with Gasteiger partial charge in [-0.1, -0.05) is 43.0 Å². The van der Waals surface area contributed by atoms with Crippen LogP contribution in [0.1, 0.15) is 64.0 Å². The van der Waals surface area contributed by atoms with Crippen LogP contribution >= 0.6 is 23.2 Å². The van der Waals surface area contributed by atoms with E-state index in [1.165, 1.54) is 19.1 Å². The molecular formula is C22H29Cl2FN2O3. The predicted octanol–water partition coefficient (Wildman–Crippen LogP) is 4.39. The van der Waals surface area contributed by atoms with E-state index in [1.807, 2.05) is 6.92 Å². The highest BCUT2D eigenvalue weighted by Crippen LogP contribution is 2.50. The van der Waals surface area contributed by atoms with Crippen molar-refractivity contribution in [3.05, 3.63) is 33.6 Å². The number of carbonyl (C=O) groups excluding carboxylic acids is 2. The molecule has 0 saturated heterocycles. The number of hydrogen-bond donors (Lipinski definition) is 3. The Bertz CT molecular complexity index is 814. The number of aliphatic hydroxyl groups is 1. The summed E-state index contributed by atoms with van der Waals surface area (Å²) < 4.78 is 14.9. The van der Waals surface area contributed by atoms with Crippen LogP contribution in [-0.2, 0) is 9.59 Å². The smallest absolute Gasteiger partial charge is 0.224 e. The van der Waals surface area contributed by atoms with Crippen molar-refractivity contribution in [1.29, 1.82) is 0 Å². The van der Waals surface area contributed by atoms with Crippen LogP contribution in [0.15, 0.2) is 12.1 Å². The van der Waals surface area contributed by atoms with Gasteiger partial charge in [-0.15, -0.1) is 0 Å². The second-order valence-electron chi connectivity index (χ2n) is 8.98. The molecule has 3 rings (SSSR count). The van der Waals surface area contributed by atoms with Gasteiger partial charge in [0.15, 0.2) is 0 Å². The highest BCUT2D eigenvalue weighted by atomic mass is 35.5. The number of hydrogen-bond acceptors (Lipinski definition) is 3. The maximum absolute atomic E-state index is 14.9. The molecule has 0 bridgehead atoms. The van der Waals surface area contributed by atoms with Crippen LogP contribution < -0.4 is 10.6 Å². The summed E-state index contributed by atoms with van der Waals surface area (Å²) in [6, 6.07) is 1.90. The fourth-order valence-corrected chi connectivity index (χ4v) is 5.60. The van der Waals surface area contributed by atoms with Gasteiger partial charge in [0, 0.05) is 31.1 Å². The molecule has 3 N–H and O–H groups in total. The Hall–Kier alpha value is -1.37. The van der Waals surface area contributed by atoms with Crippen LogP contribution in [-0.4, -0.2) is 29.6 Å². The summed E-state index contributed by atoms with van der Waals surface area (Å²) in [6.07, 6.45) is 4.63. The monoisotopic (exact) mass is 458 g/mol. The van der Waals surface area contributed by atoms with Gasteiger partial charge in [0.2, 0.25) is 11.8 Å². The molecule has 30 heavy (non-hydrogen) atoms. The minimum Gasteiger partial charge on any atom is -0.396 e. The van der Waals surface area contributed by atoms with E-state index in [0.717, 1.165) is 25.7 Å². The lowest BCUT2D eigenvalue weighted by Crippen LogP contribution is -2.43. The van der Waals surface area contributed by atoms with Crippen molar-refractivity contribution in [2.24, 2.45) is 17.3 Å². The molecule has 0 radical (unpaired) electrons. The molecule has 0 spiro atoms. The van der Waals surface area contributed by atoms with Crippen LogP contribution in [0.4, 0.5) is 4.39 Å². The first kappa shape index (κ1) is 23.3. The third kappa shape index (κ3) is 4.76. The van der Waals surface area contributed by atoms with E-state index in [-0.39, 0.29) is 51.4 Å². The molecule has 0 heterocycles. The normalized spacial score (nSPS) is 26.4. The van der Waals surface area contributed by atoms with Crippen LogP contribution in [0.25, 0.3) is 0 Å². The Morgan fingerprint density at radius 1 is 1.27 bits per heavy atom. The number of benzene rings is 1. The number of halogens is 3. The van der Waals surface area contributed by atoms with E-state index in [4.69, 9.17) is 23.2 Å². The first-order valence-corrected chi connectivity index (χ1v) is 11.2. The zero-order valence-electron chi connectivity index (χ0n) is 17.3. The fourth-order valence-electron chi connectivity index (χ4n) is 5.18. The molecule has 1 aromatic rings. The summed E-state index contributed by atoms with van der Waals surface area (Å²) in [7, 11) is 0. The molecule has 5 nitrogen and oxygen atoms in total. The Labute approximate surface area is 186 Å². The molecule has 2 saturated carbocycles. The molecule has 1 aromatic carbocycles. The van der Waals surface area contributed by atoms with E-state index >= 15 is 0 Å². The summed E-state index contributed by atoms with van der Waals surface area (Å²) >= 11 is 12.6. The van der Waals surface area contributed by atoms with Gasteiger partial charge in [-0.25, -0.2) is 4.39 Å². The molecule has 166 valence electrons. The van der Waals surface area contributed by atoms with Gasteiger partial charge >= 0.3 is 0 Å². The van der Waals surface area contributed by atoms with Gasteiger partial charge in [0.25, 0.3) is 0 Å². The number of rotatable bonds is 6. The third-order valence-electron chi connectivity index (χ3n) is 6.77. The highest BCUT2D eigenvalue weighted by molar-refractivity contribution is 6.42. The standard InChI is InChI=1S/C22H29Cl2FN2O3/c1-12(29)26-14-9-13(11-28)15(10-14)21(30)27-20(22(2)7-3-4-8-22)18-17(25)6-5-16(23)19(18)24/h5-6,13-15,20,28H,3-4,7-11H2,1-2H3,(H,26,29)(H,27,30)/t13-,14-,15-,20+/m0/s1. The predicted molar refractivity (Wildman–Crippen MR) is 115 cm³/mol. The van der Waals surface area contributed by atoms with Crippen molar-refractivity contribution in [2.45, 2.75) is 64.5 Å². The van der Waals surface area contributed by atoms with E-state index < -0.39 is 17.8 Å². The quantitative estimate of drug-likeness (QED) is 0.552. The van der Waals surface area contributed by atoms with Gasteiger partial charge in [-0.3, -0.25) is 9.59 Å². The highest BCUT2D eigenvalue weighted by Gasteiger charge is 2.44. The number of carbonyl (C=O) groups is 2. The van der Waals surface area contributed by atoms with E-state index in [9.17, 15) is 19.1 Å². The summed E-state index contributed by atoms with van der Waals surface area (Å²) in [5, 5.41) is 16.0. The van der Waals surface area contributed by atoms with Crippen LogP contribution in [0.2, 0.25) is 10.0 Å². The maximum Gasteiger partial charge on any atom is 0.224 e. The summed E-state index contributed by atoms with van der Waals surface area (Å²) in [4.78, 5) is 24.7.